The Morgan fingerprint density at radius 1 is 1.27 bits per heavy atom. The van der Waals surface area contributed by atoms with Gasteiger partial charge in [0.1, 0.15) is 0 Å². The molecular formula is C18H19N3O. The predicted molar refractivity (Wildman–Crippen MR) is 88.0 cm³/mol. The molecule has 0 unspecified atom stereocenters. The number of nitrogens with zero attached hydrogens (tertiary/aromatic N) is 2. The molecule has 1 aromatic carbocycles. The number of carbonyl (C=O) groups excluding carboxylic acids is 1. The second-order valence-corrected chi connectivity index (χ2v) is 4.81. The molecule has 0 radical (unpaired) electrons. The van der Waals surface area contributed by atoms with Crippen molar-refractivity contribution in [3.8, 4) is 23.5 Å². The van der Waals surface area contributed by atoms with Gasteiger partial charge in [-0.3, -0.25) is 4.98 Å². The quantitative estimate of drug-likeness (QED) is 0.862. The van der Waals surface area contributed by atoms with Crippen molar-refractivity contribution in [1.29, 1.82) is 0 Å². The minimum absolute atomic E-state index is 0.144. The van der Waals surface area contributed by atoms with E-state index in [0.717, 1.165) is 16.7 Å². The molecule has 0 saturated carbocycles. The minimum atomic E-state index is -0.144. The van der Waals surface area contributed by atoms with Gasteiger partial charge in [-0.25, -0.2) is 4.79 Å². The fourth-order valence-corrected chi connectivity index (χ4v) is 2.18. The van der Waals surface area contributed by atoms with Crippen LogP contribution in [0.2, 0.25) is 0 Å². The number of aromatic nitrogens is 1. The first kappa shape index (κ1) is 15.6. The lowest BCUT2D eigenvalue weighted by molar-refractivity contribution is 0.199. The molecule has 0 aliphatic heterocycles. The zero-order valence-electron chi connectivity index (χ0n) is 12.6. The third-order valence-electron chi connectivity index (χ3n) is 3.32. The summed E-state index contributed by atoms with van der Waals surface area (Å²) in [5.41, 5.74) is 3.30. The number of benzene rings is 1. The average Bonchev–Trinajstić information content (AvgIpc) is 2.58. The molecule has 0 spiro atoms. The Labute approximate surface area is 131 Å². The number of pyridine rings is 1. The molecule has 0 atom stereocenters. The number of amides is 2. The normalized spacial score (nSPS) is 9.82. The van der Waals surface area contributed by atoms with Crippen molar-refractivity contribution in [2.24, 2.45) is 0 Å². The second kappa shape index (κ2) is 7.84. The van der Waals surface area contributed by atoms with Gasteiger partial charge in [0, 0.05) is 25.5 Å². The van der Waals surface area contributed by atoms with Crippen LogP contribution >= 0.6 is 0 Å². The van der Waals surface area contributed by atoms with Crippen LogP contribution < -0.4 is 5.32 Å². The molecular weight excluding hydrogens is 274 g/mol. The van der Waals surface area contributed by atoms with E-state index in [0.29, 0.717) is 13.1 Å². The number of urea groups is 1. The lowest BCUT2D eigenvalue weighted by atomic mass is 10.0. The Morgan fingerprint density at radius 2 is 2.05 bits per heavy atom. The maximum absolute atomic E-state index is 12.0. The molecule has 0 aliphatic carbocycles. The van der Waals surface area contributed by atoms with Crippen LogP contribution in [0.25, 0.3) is 11.1 Å². The number of nitrogens with one attached hydrogen (secondary N) is 1. The van der Waals surface area contributed by atoms with Crippen molar-refractivity contribution >= 4 is 6.03 Å². The third-order valence-corrected chi connectivity index (χ3v) is 3.32. The van der Waals surface area contributed by atoms with Crippen molar-refractivity contribution < 1.29 is 4.79 Å². The van der Waals surface area contributed by atoms with E-state index in [-0.39, 0.29) is 12.6 Å². The molecule has 0 saturated heterocycles. The second-order valence-electron chi connectivity index (χ2n) is 4.81. The van der Waals surface area contributed by atoms with Crippen LogP contribution in [0.15, 0.2) is 48.8 Å². The zero-order chi connectivity index (χ0) is 15.8. The Morgan fingerprint density at radius 3 is 2.73 bits per heavy atom. The van der Waals surface area contributed by atoms with Crippen molar-refractivity contribution in [2.45, 2.75) is 13.5 Å². The van der Waals surface area contributed by atoms with Gasteiger partial charge in [0.05, 0.1) is 6.54 Å². The molecule has 0 bridgehead atoms. The lowest BCUT2D eigenvalue weighted by Gasteiger charge is -2.21. The SMILES string of the molecule is C#CCNC(=O)N(CC)Cc1cccc(-c2ccncc2)c1. The molecule has 0 aliphatic rings. The molecule has 1 N–H and O–H groups in total. The molecule has 2 amide bonds. The molecule has 2 rings (SSSR count). The maximum atomic E-state index is 12.0. The van der Waals surface area contributed by atoms with E-state index in [9.17, 15) is 4.79 Å². The Kier molecular flexibility index (Phi) is 5.56. The monoisotopic (exact) mass is 293 g/mol. The highest BCUT2D eigenvalue weighted by Gasteiger charge is 2.11. The largest absolute Gasteiger partial charge is 0.327 e. The number of carbonyl (C=O) groups is 1. The molecule has 1 heterocycles. The molecule has 4 heteroatoms. The molecule has 1 aromatic heterocycles. The summed E-state index contributed by atoms with van der Waals surface area (Å²) >= 11 is 0. The summed E-state index contributed by atoms with van der Waals surface area (Å²) in [6.07, 6.45) is 8.71. The van der Waals surface area contributed by atoms with Crippen LogP contribution in [0, 0.1) is 12.3 Å². The van der Waals surface area contributed by atoms with Gasteiger partial charge < -0.3 is 10.2 Å². The predicted octanol–water partition coefficient (Wildman–Crippen LogP) is 2.91. The first-order valence-electron chi connectivity index (χ1n) is 7.20. The standard InChI is InChI=1S/C18H19N3O/c1-3-10-20-18(22)21(4-2)14-15-6-5-7-17(13-15)16-8-11-19-12-9-16/h1,5-9,11-13H,4,10,14H2,2H3,(H,20,22). The molecule has 112 valence electrons. The van der Waals surface area contributed by atoms with Crippen LogP contribution in [0.1, 0.15) is 12.5 Å². The Balaban J connectivity index is 2.12. The number of hydrogen-bond donors (Lipinski definition) is 1. The topological polar surface area (TPSA) is 45.2 Å². The number of terminal acetylenes is 1. The minimum Gasteiger partial charge on any atom is -0.327 e. The van der Waals surface area contributed by atoms with Gasteiger partial charge in [-0.05, 0) is 41.8 Å². The van der Waals surface area contributed by atoms with Crippen LogP contribution in [-0.4, -0.2) is 29.0 Å². The van der Waals surface area contributed by atoms with Gasteiger partial charge in [-0.15, -0.1) is 6.42 Å². The smallest absolute Gasteiger partial charge is 0.318 e. The van der Waals surface area contributed by atoms with E-state index in [4.69, 9.17) is 6.42 Å². The van der Waals surface area contributed by atoms with E-state index < -0.39 is 0 Å². The first-order valence-corrected chi connectivity index (χ1v) is 7.20. The van der Waals surface area contributed by atoms with Gasteiger partial charge in [-0.1, -0.05) is 24.1 Å². The van der Waals surface area contributed by atoms with Crippen molar-refractivity contribution in [1.82, 2.24) is 15.2 Å². The molecule has 0 fully saturated rings. The lowest BCUT2D eigenvalue weighted by Crippen LogP contribution is -2.39. The van der Waals surface area contributed by atoms with Crippen molar-refractivity contribution in [2.75, 3.05) is 13.1 Å². The van der Waals surface area contributed by atoms with Gasteiger partial charge in [0.25, 0.3) is 0 Å². The average molecular weight is 293 g/mol. The zero-order valence-corrected chi connectivity index (χ0v) is 12.6. The van der Waals surface area contributed by atoms with Crippen LogP contribution in [-0.2, 0) is 6.54 Å². The summed E-state index contributed by atoms with van der Waals surface area (Å²) in [5.74, 6) is 2.41. The van der Waals surface area contributed by atoms with E-state index in [2.05, 4.69) is 22.3 Å². The van der Waals surface area contributed by atoms with E-state index in [1.54, 1.807) is 17.3 Å². The van der Waals surface area contributed by atoms with Gasteiger partial charge in [0.2, 0.25) is 0 Å². The third kappa shape index (κ3) is 4.10. The molecule has 2 aromatic rings. The highest BCUT2D eigenvalue weighted by Crippen LogP contribution is 2.20. The van der Waals surface area contributed by atoms with Crippen LogP contribution in [0.4, 0.5) is 4.79 Å². The van der Waals surface area contributed by atoms with Gasteiger partial charge >= 0.3 is 6.03 Å². The number of hydrogen-bond acceptors (Lipinski definition) is 2. The number of rotatable bonds is 5. The summed E-state index contributed by atoms with van der Waals surface area (Å²) in [6, 6.07) is 11.9. The Hall–Kier alpha value is -2.80. The van der Waals surface area contributed by atoms with E-state index >= 15 is 0 Å². The highest BCUT2D eigenvalue weighted by atomic mass is 16.2. The van der Waals surface area contributed by atoms with Crippen molar-refractivity contribution in [3.05, 3.63) is 54.4 Å². The fourth-order valence-electron chi connectivity index (χ4n) is 2.18. The summed E-state index contributed by atoms with van der Waals surface area (Å²) in [7, 11) is 0. The maximum Gasteiger partial charge on any atom is 0.318 e. The van der Waals surface area contributed by atoms with Crippen LogP contribution in [0.3, 0.4) is 0 Å². The van der Waals surface area contributed by atoms with E-state index in [1.807, 2.05) is 37.3 Å². The molecule has 4 nitrogen and oxygen atoms in total. The Bertz CT molecular complexity index is 662. The molecule has 22 heavy (non-hydrogen) atoms. The van der Waals surface area contributed by atoms with Gasteiger partial charge in [-0.2, -0.15) is 0 Å². The summed E-state index contributed by atoms with van der Waals surface area (Å²) in [5, 5.41) is 2.69. The fraction of sp³-hybridized carbons (Fsp3) is 0.222. The summed E-state index contributed by atoms with van der Waals surface area (Å²) < 4.78 is 0. The van der Waals surface area contributed by atoms with Crippen LogP contribution in [0.5, 0.6) is 0 Å². The van der Waals surface area contributed by atoms with E-state index in [1.165, 1.54) is 0 Å². The van der Waals surface area contributed by atoms with Gasteiger partial charge in [0.15, 0.2) is 0 Å². The highest BCUT2D eigenvalue weighted by molar-refractivity contribution is 5.74. The van der Waals surface area contributed by atoms with Crippen molar-refractivity contribution in [3.63, 3.8) is 0 Å². The summed E-state index contributed by atoms with van der Waals surface area (Å²) in [6.45, 7) is 3.36. The first-order chi connectivity index (χ1) is 10.7. The summed E-state index contributed by atoms with van der Waals surface area (Å²) in [4.78, 5) is 17.8.